The van der Waals surface area contributed by atoms with Crippen molar-refractivity contribution in [3.63, 3.8) is 0 Å². The van der Waals surface area contributed by atoms with Crippen molar-refractivity contribution in [2.24, 2.45) is 0 Å². The molecule has 3 nitrogen and oxygen atoms in total. The molecular weight excluding hydrogens is 210 g/mol. The van der Waals surface area contributed by atoms with Crippen LogP contribution in [-0.4, -0.2) is 20.2 Å². The van der Waals surface area contributed by atoms with Gasteiger partial charge in [0.15, 0.2) is 0 Å². The van der Waals surface area contributed by atoms with E-state index in [1.165, 1.54) is 11.1 Å². The van der Waals surface area contributed by atoms with E-state index < -0.39 is 10.0 Å². The van der Waals surface area contributed by atoms with Gasteiger partial charge in [-0.1, -0.05) is 24.3 Å². The monoisotopic (exact) mass is 225 g/mol. The van der Waals surface area contributed by atoms with E-state index in [1.54, 1.807) is 6.92 Å². The van der Waals surface area contributed by atoms with Crippen molar-refractivity contribution < 1.29 is 8.42 Å². The molecule has 1 N–H and O–H groups in total. The van der Waals surface area contributed by atoms with Crippen molar-refractivity contribution in [3.8, 4) is 0 Å². The van der Waals surface area contributed by atoms with Gasteiger partial charge in [-0.25, -0.2) is 13.1 Å². The Labute approximate surface area is 90.6 Å². The van der Waals surface area contributed by atoms with Gasteiger partial charge in [0.2, 0.25) is 10.0 Å². The molecular formula is C11H15NO2S. The van der Waals surface area contributed by atoms with Crippen molar-refractivity contribution in [3.05, 3.63) is 35.4 Å². The zero-order chi connectivity index (χ0) is 10.9. The Bertz CT molecular complexity index is 428. The molecule has 0 fully saturated rings. The van der Waals surface area contributed by atoms with Gasteiger partial charge in [0.1, 0.15) is 0 Å². The highest BCUT2D eigenvalue weighted by molar-refractivity contribution is 7.89. The lowest BCUT2D eigenvalue weighted by atomic mass is 10.1. The molecule has 1 aromatic carbocycles. The highest BCUT2D eigenvalue weighted by Gasteiger charge is 2.24. The third-order valence-corrected chi connectivity index (χ3v) is 4.23. The third-order valence-electron chi connectivity index (χ3n) is 2.78. The van der Waals surface area contributed by atoms with Crippen molar-refractivity contribution in [1.82, 2.24) is 4.72 Å². The van der Waals surface area contributed by atoms with Crippen LogP contribution in [0.2, 0.25) is 0 Å². The summed E-state index contributed by atoms with van der Waals surface area (Å²) in [5, 5.41) is 0. The van der Waals surface area contributed by atoms with Gasteiger partial charge < -0.3 is 0 Å². The Balaban J connectivity index is 2.08. The number of hydrogen-bond donors (Lipinski definition) is 1. The lowest BCUT2D eigenvalue weighted by Gasteiger charge is -2.10. The van der Waals surface area contributed by atoms with Crippen LogP contribution in [0.15, 0.2) is 24.3 Å². The molecule has 0 unspecified atom stereocenters. The molecule has 15 heavy (non-hydrogen) atoms. The van der Waals surface area contributed by atoms with E-state index in [-0.39, 0.29) is 11.8 Å². The Morgan fingerprint density at radius 1 is 1.27 bits per heavy atom. The molecule has 0 saturated heterocycles. The zero-order valence-electron chi connectivity index (χ0n) is 8.73. The number of rotatable bonds is 3. The summed E-state index contributed by atoms with van der Waals surface area (Å²) in [5.41, 5.74) is 2.53. The van der Waals surface area contributed by atoms with E-state index in [4.69, 9.17) is 0 Å². The van der Waals surface area contributed by atoms with Gasteiger partial charge in [-0.05, 0) is 30.9 Å². The average Bonchev–Trinajstić information content (AvgIpc) is 2.58. The fourth-order valence-corrected chi connectivity index (χ4v) is 2.82. The molecule has 1 aliphatic carbocycles. The molecule has 4 heteroatoms. The van der Waals surface area contributed by atoms with E-state index >= 15 is 0 Å². The van der Waals surface area contributed by atoms with E-state index in [9.17, 15) is 8.42 Å². The van der Waals surface area contributed by atoms with Crippen LogP contribution in [0, 0.1) is 0 Å². The Morgan fingerprint density at radius 3 is 2.27 bits per heavy atom. The summed E-state index contributed by atoms with van der Waals surface area (Å²) in [6.07, 6.45) is 1.63. The van der Waals surface area contributed by atoms with Crippen LogP contribution < -0.4 is 4.72 Å². The molecule has 0 bridgehead atoms. The van der Waals surface area contributed by atoms with E-state index in [2.05, 4.69) is 16.9 Å². The smallest absolute Gasteiger partial charge is 0.211 e. The summed E-state index contributed by atoms with van der Waals surface area (Å²) in [6.45, 7) is 1.66. The fraction of sp³-hybridized carbons (Fsp3) is 0.455. The average molecular weight is 225 g/mol. The van der Waals surface area contributed by atoms with Gasteiger partial charge >= 0.3 is 0 Å². The van der Waals surface area contributed by atoms with Crippen LogP contribution in [0.4, 0.5) is 0 Å². The standard InChI is InChI=1S/C11H15NO2S/c1-2-15(13,14)12-11-7-9-5-3-4-6-10(9)8-11/h3-6,11-12H,2,7-8H2,1H3. The first-order valence-corrected chi connectivity index (χ1v) is 6.83. The van der Waals surface area contributed by atoms with E-state index in [0.717, 1.165) is 12.8 Å². The van der Waals surface area contributed by atoms with Crippen molar-refractivity contribution in [2.75, 3.05) is 5.75 Å². The molecule has 2 rings (SSSR count). The second-order valence-electron chi connectivity index (χ2n) is 3.90. The van der Waals surface area contributed by atoms with Crippen molar-refractivity contribution in [2.45, 2.75) is 25.8 Å². The quantitative estimate of drug-likeness (QED) is 0.837. The van der Waals surface area contributed by atoms with Crippen molar-refractivity contribution >= 4 is 10.0 Å². The predicted octanol–water partition coefficient (Wildman–Crippen LogP) is 1.09. The van der Waals surface area contributed by atoms with Gasteiger partial charge in [0.25, 0.3) is 0 Å². The molecule has 0 aliphatic heterocycles. The zero-order valence-corrected chi connectivity index (χ0v) is 9.55. The highest BCUT2D eigenvalue weighted by Crippen LogP contribution is 2.21. The largest absolute Gasteiger partial charge is 0.212 e. The third kappa shape index (κ3) is 2.38. The second-order valence-corrected chi connectivity index (χ2v) is 5.94. The minimum absolute atomic E-state index is 0.0485. The van der Waals surface area contributed by atoms with Gasteiger partial charge in [-0.2, -0.15) is 0 Å². The maximum Gasteiger partial charge on any atom is 0.211 e. The number of nitrogens with one attached hydrogen (secondary N) is 1. The number of sulfonamides is 1. The van der Waals surface area contributed by atoms with E-state index in [1.807, 2.05) is 12.1 Å². The molecule has 0 heterocycles. The number of benzene rings is 1. The molecule has 0 aromatic heterocycles. The normalized spacial score (nSPS) is 16.6. The SMILES string of the molecule is CCS(=O)(=O)NC1Cc2ccccc2C1. The maximum absolute atomic E-state index is 11.4. The van der Waals surface area contributed by atoms with Crippen LogP contribution in [0.1, 0.15) is 18.1 Å². The number of hydrogen-bond acceptors (Lipinski definition) is 2. The minimum atomic E-state index is -3.07. The molecule has 0 saturated carbocycles. The van der Waals surface area contributed by atoms with Gasteiger partial charge in [0, 0.05) is 6.04 Å². The molecule has 0 amide bonds. The minimum Gasteiger partial charge on any atom is -0.212 e. The summed E-state index contributed by atoms with van der Waals surface area (Å²) in [4.78, 5) is 0. The first kappa shape index (κ1) is 10.6. The Hall–Kier alpha value is -0.870. The molecule has 0 atom stereocenters. The molecule has 1 aliphatic rings. The molecule has 0 spiro atoms. The lowest BCUT2D eigenvalue weighted by molar-refractivity contribution is 0.557. The predicted molar refractivity (Wildman–Crippen MR) is 60.2 cm³/mol. The topological polar surface area (TPSA) is 46.2 Å². The van der Waals surface area contributed by atoms with Crippen LogP contribution in [0.5, 0.6) is 0 Å². The Morgan fingerprint density at radius 2 is 1.80 bits per heavy atom. The first-order valence-electron chi connectivity index (χ1n) is 5.17. The highest BCUT2D eigenvalue weighted by atomic mass is 32.2. The summed E-state index contributed by atoms with van der Waals surface area (Å²) in [6, 6.07) is 8.17. The molecule has 0 radical (unpaired) electrons. The van der Waals surface area contributed by atoms with Crippen LogP contribution in [0.3, 0.4) is 0 Å². The maximum atomic E-state index is 11.4. The fourth-order valence-electron chi connectivity index (χ4n) is 1.98. The molecule has 1 aromatic rings. The number of fused-ring (bicyclic) bond motifs is 1. The van der Waals surface area contributed by atoms with Crippen molar-refractivity contribution in [1.29, 1.82) is 0 Å². The summed E-state index contributed by atoms with van der Waals surface area (Å²) in [5.74, 6) is 0.153. The van der Waals surface area contributed by atoms with E-state index in [0.29, 0.717) is 0 Å². The second kappa shape index (κ2) is 3.94. The first-order chi connectivity index (χ1) is 7.11. The summed E-state index contributed by atoms with van der Waals surface area (Å²) >= 11 is 0. The Kier molecular flexibility index (Phi) is 2.80. The van der Waals surface area contributed by atoms with Crippen LogP contribution in [0.25, 0.3) is 0 Å². The molecule has 82 valence electrons. The van der Waals surface area contributed by atoms with Crippen LogP contribution in [-0.2, 0) is 22.9 Å². The van der Waals surface area contributed by atoms with Gasteiger partial charge in [0.05, 0.1) is 5.75 Å². The van der Waals surface area contributed by atoms with Gasteiger partial charge in [-0.15, -0.1) is 0 Å². The van der Waals surface area contributed by atoms with Crippen LogP contribution >= 0.6 is 0 Å². The summed E-state index contributed by atoms with van der Waals surface area (Å²) < 4.78 is 25.5. The summed E-state index contributed by atoms with van der Waals surface area (Å²) in [7, 11) is -3.07. The lowest BCUT2D eigenvalue weighted by Crippen LogP contribution is -2.36. The van der Waals surface area contributed by atoms with Gasteiger partial charge in [-0.3, -0.25) is 0 Å².